The highest BCUT2D eigenvalue weighted by atomic mass is 16.2. The quantitative estimate of drug-likeness (QED) is 0.408. The van der Waals surface area contributed by atoms with E-state index in [4.69, 9.17) is 5.26 Å². The van der Waals surface area contributed by atoms with Crippen molar-refractivity contribution in [1.82, 2.24) is 4.90 Å². The lowest BCUT2D eigenvalue weighted by Crippen LogP contribution is -2.34. The third kappa shape index (κ3) is 7.37. The lowest BCUT2D eigenvalue weighted by Gasteiger charge is -2.19. The second-order valence-electron chi connectivity index (χ2n) is 7.91. The smallest absolute Gasteiger partial charge is 0.254 e. The summed E-state index contributed by atoms with van der Waals surface area (Å²) in [7, 11) is 0. The van der Waals surface area contributed by atoms with E-state index < -0.39 is 0 Å². The van der Waals surface area contributed by atoms with Gasteiger partial charge in [-0.25, -0.2) is 0 Å². The molecule has 0 aromatic heterocycles. The molecule has 1 aromatic rings. The number of carbonyl (C=O) groups excluding carboxylic acids is 1. The van der Waals surface area contributed by atoms with Crippen LogP contribution in [0.1, 0.15) is 99.9 Å². The van der Waals surface area contributed by atoms with Crippen LogP contribution in [-0.4, -0.2) is 23.4 Å². The Hall–Kier alpha value is -1.82. The van der Waals surface area contributed by atoms with Crippen LogP contribution in [0.15, 0.2) is 24.3 Å². The van der Waals surface area contributed by atoms with Gasteiger partial charge in [0.15, 0.2) is 0 Å². The number of amides is 1. The fraction of sp³-hybridized carbons (Fsp3) is 0.667. The first-order valence-corrected chi connectivity index (χ1v) is 11.1. The maximum absolute atomic E-state index is 12.5. The molecule has 3 nitrogen and oxygen atoms in total. The zero-order chi connectivity index (χ0) is 19.3. The summed E-state index contributed by atoms with van der Waals surface area (Å²) in [4.78, 5) is 14.3. The summed E-state index contributed by atoms with van der Waals surface area (Å²) in [5.41, 5.74) is 2.02. The second kappa shape index (κ2) is 12.5. The molecule has 0 unspecified atom stereocenters. The molecular weight excluding hydrogens is 332 g/mol. The monoisotopic (exact) mass is 368 g/mol. The Kier molecular flexibility index (Phi) is 9.98. The molecule has 0 N–H and O–H groups in total. The van der Waals surface area contributed by atoms with Gasteiger partial charge in [0.2, 0.25) is 0 Å². The summed E-state index contributed by atoms with van der Waals surface area (Å²) in [6, 6.07) is 10.0. The molecule has 1 aliphatic rings. The number of nitrogens with zero attached hydrogens (tertiary/aromatic N) is 2. The van der Waals surface area contributed by atoms with E-state index in [0.717, 1.165) is 19.3 Å². The molecule has 0 spiro atoms. The van der Waals surface area contributed by atoms with Gasteiger partial charge in [-0.15, -0.1) is 0 Å². The second-order valence-corrected chi connectivity index (χ2v) is 7.91. The Balaban J connectivity index is 1.60. The average Bonchev–Trinajstić information content (AvgIpc) is 3.18. The van der Waals surface area contributed by atoms with Crippen molar-refractivity contribution < 1.29 is 4.79 Å². The van der Waals surface area contributed by atoms with Crippen molar-refractivity contribution in [2.45, 2.75) is 96.4 Å². The summed E-state index contributed by atoms with van der Waals surface area (Å²) in [6.07, 6.45) is 16.4. The van der Waals surface area contributed by atoms with Gasteiger partial charge >= 0.3 is 0 Å². The van der Waals surface area contributed by atoms with Gasteiger partial charge in [-0.2, -0.15) is 5.26 Å². The van der Waals surface area contributed by atoms with Crippen LogP contribution < -0.4 is 0 Å². The fourth-order valence-electron chi connectivity index (χ4n) is 3.94. The number of aryl methyl sites for hydroxylation is 1. The molecule has 0 aliphatic carbocycles. The zero-order valence-corrected chi connectivity index (χ0v) is 17.1. The van der Waals surface area contributed by atoms with Crippen LogP contribution in [0.3, 0.4) is 0 Å². The molecule has 0 bridgehead atoms. The predicted octanol–water partition coefficient (Wildman–Crippen LogP) is 6.28. The van der Waals surface area contributed by atoms with Crippen molar-refractivity contribution in [2.24, 2.45) is 0 Å². The van der Waals surface area contributed by atoms with Crippen molar-refractivity contribution in [3.8, 4) is 6.07 Å². The van der Waals surface area contributed by atoms with E-state index in [1.807, 2.05) is 12.1 Å². The van der Waals surface area contributed by atoms with Gasteiger partial charge in [-0.05, 0) is 43.4 Å². The number of likely N-dealkylation sites (tertiary alicyclic amines) is 1. The number of hydrogen-bond donors (Lipinski definition) is 0. The zero-order valence-electron chi connectivity index (χ0n) is 17.1. The Morgan fingerprint density at radius 3 is 2.19 bits per heavy atom. The van der Waals surface area contributed by atoms with E-state index >= 15 is 0 Å². The molecule has 2 rings (SSSR count). The molecule has 1 saturated heterocycles. The van der Waals surface area contributed by atoms with Gasteiger partial charge < -0.3 is 4.90 Å². The highest BCUT2D eigenvalue weighted by molar-refractivity contribution is 5.94. The number of carbonyl (C=O) groups is 1. The first kappa shape index (κ1) is 21.5. The summed E-state index contributed by atoms with van der Waals surface area (Å²) >= 11 is 0. The highest BCUT2D eigenvalue weighted by Crippen LogP contribution is 2.20. The standard InChI is InChI=1S/C24H36N2O/c1-2-3-4-5-6-7-8-9-10-11-13-21-15-17-22(18-16-21)24(27)26-19-12-14-23(26)20-25/h15-18,23H,2-14,19H2,1H3/t23-/m1/s1. The van der Waals surface area contributed by atoms with E-state index in [0.29, 0.717) is 12.1 Å². The molecule has 1 atom stereocenters. The third-order valence-electron chi connectivity index (χ3n) is 5.68. The molecule has 27 heavy (non-hydrogen) atoms. The minimum absolute atomic E-state index is 0.00420. The SMILES string of the molecule is CCCCCCCCCCCCc1ccc(C(=O)N2CCC[C@@H]2C#N)cc1. The first-order valence-electron chi connectivity index (χ1n) is 11.1. The maximum atomic E-state index is 12.5. The number of nitriles is 1. The minimum Gasteiger partial charge on any atom is -0.323 e. The molecular formula is C24H36N2O. The highest BCUT2D eigenvalue weighted by Gasteiger charge is 2.29. The number of unbranched alkanes of at least 4 members (excludes halogenated alkanes) is 9. The molecule has 0 saturated carbocycles. The van der Waals surface area contributed by atoms with E-state index in [1.54, 1.807) is 4.90 Å². The van der Waals surface area contributed by atoms with Crippen LogP contribution in [0.25, 0.3) is 0 Å². The normalized spacial score (nSPS) is 16.4. The number of benzene rings is 1. The van der Waals surface area contributed by atoms with Gasteiger partial charge in [-0.1, -0.05) is 76.8 Å². The van der Waals surface area contributed by atoms with Crippen molar-refractivity contribution >= 4 is 5.91 Å². The number of hydrogen-bond acceptors (Lipinski definition) is 2. The van der Waals surface area contributed by atoms with Crippen molar-refractivity contribution in [1.29, 1.82) is 5.26 Å². The topological polar surface area (TPSA) is 44.1 Å². The van der Waals surface area contributed by atoms with Crippen LogP contribution in [0.2, 0.25) is 0 Å². The van der Waals surface area contributed by atoms with E-state index in [2.05, 4.69) is 25.1 Å². The van der Waals surface area contributed by atoms with Gasteiger partial charge in [0.1, 0.15) is 6.04 Å². The molecule has 1 heterocycles. The van der Waals surface area contributed by atoms with Crippen LogP contribution in [0.5, 0.6) is 0 Å². The largest absolute Gasteiger partial charge is 0.323 e. The number of rotatable bonds is 12. The fourth-order valence-corrected chi connectivity index (χ4v) is 3.94. The van der Waals surface area contributed by atoms with Gasteiger partial charge in [0.05, 0.1) is 6.07 Å². The van der Waals surface area contributed by atoms with Crippen molar-refractivity contribution in [3.63, 3.8) is 0 Å². The van der Waals surface area contributed by atoms with E-state index in [9.17, 15) is 4.79 Å². The van der Waals surface area contributed by atoms with E-state index in [1.165, 1.54) is 69.8 Å². The first-order chi connectivity index (χ1) is 13.3. The molecule has 1 aliphatic heterocycles. The summed E-state index contributed by atoms with van der Waals surface area (Å²) in [5.74, 6) is 0.00420. The molecule has 148 valence electrons. The van der Waals surface area contributed by atoms with Crippen molar-refractivity contribution in [3.05, 3.63) is 35.4 Å². The molecule has 1 fully saturated rings. The average molecular weight is 369 g/mol. The predicted molar refractivity (Wildman–Crippen MR) is 112 cm³/mol. The van der Waals surface area contributed by atoms with E-state index in [-0.39, 0.29) is 11.9 Å². The minimum atomic E-state index is -0.246. The molecule has 0 radical (unpaired) electrons. The molecule has 3 heteroatoms. The van der Waals surface area contributed by atoms with Crippen LogP contribution in [-0.2, 0) is 6.42 Å². The van der Waals surface area contributed by atoms with Crippen LogP contribution in [0.4, 0.5) is 0 Å². The van der Waals surface area contributed by atoms with Crippen LogP contribution >= 0.6 is 0 Å². The molecule has 1 aromatic carbocycles. The van der Waals surface area contributed by atoms with Gasteiger partial charge in [0, 0.05) is 12.1 Å². The Bertz CT molecular complexity index is 587. The lowest BCUT2D eigenvalue weighted by molar-refractivity contribution is 0.0765. The lowest BCUT2D eigenvalue weighted by atomic mass is 10.0. The van der Waals surface area contributed by atoms with Gasteiger partial charge in [0.25, 0.3) is 5.91 Å². The Labute approximate surface area is 165 Å². The molecule has 1 amide bonds. The third-order valence-corrected chi connectivity index (χ3v) is 5.68. The Morgan fingerprint density at radius 2 is 1.59 bits per heavy atom. The van der Waals surface area contributed by atoms with Crippen LogP contribution in [0, 0.1) is 11.3 Å². The van der Waals surface area contributed by atoms with Crippen molar-refractivity contribution in [2.75, 3.05) is 6.54 Å². The summed E-state index contributed by atoms with van der Waals surface area (Å²) in [5, 5.41) is 9.16. The van der Waals surface area contributed by atoms with Gasteiger partial charge in [-0.3, -0.25) is 4.79 Å². The summed E-state index contributed by atoms with van der Waals surface area (Å²) in [6.45, 7) is 2.97. The maximum Gasteiger partial charge on any atom is 0.254 e. The summed E-state index contributed by atoms with van der Waals surface area (Å²) < 4.78 is 0. The Morgan fingerprint density at radius 1 is 1.00 bits per heavy atom.